The first-order valence-electron chi connectivity index (χ1n) is 9.79. The molecule has 3 rings (SSSR count). The van der Waals surface area contributed by atoms with Gasteiger partial charge in [-0.25, -0.2) is 0 Å². The predicted molar refractivity (Wildman–Crippen MR) is 113 cm³/mol. The number of aldehydes is 1. The van der Waals surface area contributed by atoms with E-state index in [1.54, 1.807) is 7.11 Å². The molecule has 144 valence electrons. The summed E-state index contributed by atoms with van der Waals surface area (Å²) in [6.45, 7) is 4.52. The van der Waals surface area contributed by atoms with Crippen molar-refractivity contribution in [3.63, 3.8) is 0 Å². The Balaban J connectivity index is 2.12. The highest BCUT2D eigenvalue weighted by atomic mass is 32.2. The van der Waals surface area contributed by atoms with E-state index in [1.807, 2.05) is 23.9 Å². The van der Waals surface area contributed by atoms with E-state index in [1.165, 1.54) is 28.9 Å². The minimum Gasteiger partial charge on any atom is -0.496 e. The van der Waals surface area contributed by atoms with E-state index in [0.717, 1.165) is 24.9 Å². The maximum absolute atomic E-state index is 11.5. The van der Waals surface area contributed by atoms with Crippen LogP contribution in [0.3, 0.4) is 0 Å². The minimum atomic E-state index is 0.0782. The topological polar surface area (TPSA) is 38.3 Å². The molecule has 3 nitrogen and oxygen atoms in total. The Hall–Kier alpha value is -1.78. The molecule has 4 heteroatoms. The van der Waals surface area contributed by atoms with Crippen molar-refractivity contribution in [1.29, 1.82) is 0 Å². The Morgan fingerprint density at radius 3 is 2.67 bits per heavy atom. The van der Waals surface area contributed by atoms with Crippen molar-refractivity contribution in [2.24, 2.45) is 0 Å². The Labute approximate surface area is 166 Å². The van der Waals surface area contributed by atoms with Crippen LogP contribution in [-0.2, 0) is 0 Å². The number of fused-ring (bicyclic) bond motifs is 1. The van der Waals surface area contributed by atoms with Crippen LogP contribution in [-0.4, -0.2) is 24.7 Å². The smallest absolute Gasteiger partial charge is 0.153 e. The van der Waals surface area contributed by atoms with Gasteiger partial charge in [0.1, 0.15) is 5.75 Å². The van der Waals surface area contributed by atoms with E-state index in [4.69, 9.17) is 4.74 Å². The van der Waals surface area contributed by atoms with Crippen molar-refractivity contribution >= 4 is 18.0 Å². The van der Waals surface area contributed by atoms with E-state index in [0.29, 0.717) is 11.3 Å². The number of carbonyl (C=O) groups excluding carboxylic acids is 1. The van der Waals surface area contributed by atoms with Gasteiger partial charge in [-0.2, -0.15) is 0 Å². The first-order valence-corrected chi connectivity index (χ1v) is 10.8. The van der Waals surface area contributed by atoms with Gasteiger partial charge in [0.05, 0.1) is 18.7 Å². The summed E-state index contributed by atoms with van der Waals surface area (Å²) in [4.78, 5) is 12.7. The van der Waals surface area contributed by atoms with Gasteiger partial charge in [-0.1, -0.05) is 57.0 Å². The highest BCUT2D eigenvalue weighted by molar-refractivity contribution is 7.99. The molecule has 0 bridgehead atoms. The molecule has 1 aliphatic heterocycles. The van der Waals surface area contributed by atoms with Crippen LogP contribution in [0.1, 0.15) is 67.1 Å². The quantitative estimate of drug-likeness (QED) is 0.629. The molecule has 0 saturated carbocycles. The number of rotatable bonds is 7. The molecule has 0 aromatic heterocycles. The highest BCUT2D eigenvalue weighted by Crippen LogP contribution is 2.43. The van der Waals surface area contributed by atoms with E-state index in [-0.39, 0.29) is 11.6 Å². The lowest BCUT2D eigenvalue weighted by Crippen LogP contribution is -2.48. The molecule has 27 heavy (non-hydrogen) atoms. The Kier molecular flexibility index (Phi) is 6.61. The van der Waals surface area contributed by atoms with E-state index in [9.17, 15) is 4.79 Å². The fourth-order valence-electron chi connectivity index (χ4n) is 3.80. The first kappa shape index (κ1) is 20.0. The summed E-state index contributed by atoms with van der Waals surface area (Å²) in [5.41, 5.74) is 3.14. The number of nitrogens with one attached hydrogen (secondary N) is 1. The van der Waals surface area contributed by atoms with Crippen molar-refractivity contribution in [2.75, 3.05) is 12.9 Å². The number of methoxy groups -OCH3 is 1. The van der Waals surface area contributed by atoms with Crippen LogP contribution < -0.4 is 10.1 Å². The summed E-state index contributed by atoms with van der Waals surface area (Å²) >= 11 is 1.86. The van der Waals surface area contributed by atoms with Gasteiger partial charge < -0.3 is 4.74 Å². The monoisotopic (exact) mass is 383 g/mol. The van der Waals surface area contributed by atoms with Crippen molar-refractivity contribution in [2.45, 2.75) is 56.0 Å². The van der Waals surface area contributed by atoms with Crippen LogP contribution in [0.5, 0.6) is 5.75 Å². The van der Waals surface area contributed by atoms with Gasteiger partial charge in [-0.3, -0.25) is 10.1 Å². The van der Waals surface area contributed by atoms with Crippen molar-refractivity contribution < 1.29 is 9.53 Å². The molecule has 2 unspecified atom stereocenters. The lowest BCUT2D eigenvalue weighted by atomic mass is 9.88. The molecule has 0 fully saturated rings. The van der Waals surface area contributed by atoms with Crippen molar-refractivity contribution in [3.05, 3.63) is 59.2 Å². The van der Waals surface area contributed by atoms with Crippen molar-refractivity contribution in [1.82, 2.24) is 5.32 Å². The van der Waals surface area contributed by atoms with Gasteiger partial charge in [-0.15, -0.1) is 11.8 Å². The Morgan fingerprint density at radius 1 is 1.26 bits per heavy atom. The van der Waals surface area contributed by atoms with Gasteiger partial charge in [0.2, 0.25) is 0 Å². The molecule has 0 saturated heterocycles. The summed E-state index contributed by atoms with van der Waals surface area (Å²) in [6.07, 6.45) is 5.53. The SMILES string of the molecule is CCCCC1(CC)CSc2cc(C=O)c(OC)cc2C(c2ccccc2)N1. The van der Waals surface area contributed by atoms with Gasteiger partial charge >= 0.3 is 0 Å². The van der Waals surface area contributed by atoms with Crippen LogP contribution >= 0.6 is 11.8 Å². The lowest BCUT2D eigenvalue weighted by molar-refractivity contribution is 0.112. The fourth-order valence-corrected chi connectivity index (χ4v) is 5.22. The van der Waals surface area contributed by atoms with E-state index < -0.39 is 0 Å². The Bertz CT molecular complexity index is 777. The standard InChI is InChI=1S/C23H29NO2S/c1-4-6-12-23(5-2)16-27-21-13-18(15-25)20(26-3)14-19(21)22(24-23)17-10-8-7-9-11-17/h7-11,13-15,22,24H,4-6,12,16H2,1-3H3. The van der Waals surface area contributed by atoms with Crippen LogP contribution in [0, 0.1) is 0 Å². The second kappa shape index (κ2) is 8.94. The number of carbonyl (C=O) groups is 1. The third kappa shape index (κ3) is 4.22. The molecule has 0 amide bonds. The van der Waals surface area contributed by atoms with Gasteiger partial charge in [-0.05, 0) is 36.1 Å². The number of hydrogen-bond acceptors (Lipinski definition) is 4. The molecular formula is C23H29NO2S. The summed E-state index contributed by atoms with van der Waals surface area (Å²) in [5, 5.41) is 4.01. The van der Waals surface area contributed by atoms with Crippen LogP contribution in [0.4, 0.5) is 0 Å². The van der Waals surface area contributed by atoms with Gasteiger partial charge in [0.25, 0.3) is 0 Å². The van der Waals surface area contributed by atoms with Crippen LogP contribution in [0.25, 0.3) is 0 Å². The number of thioether (sulfide) groups is 1. The zero-order valence-corrected chi connectivity index (χ0v) is 17.3. The second-order valence-electron chi connectivity index (χ2n) is 7.26. The average Bonchev–Trinajstić information content (AvgIpc) is 2.89. The maximum atomic E-state index is 11.5. The summed E-state index contributed by atoms with van der Waals surface area (Å²) in [5.74, 6) is 1.65. The lowest BCUT2D eigenvalue weighted by Gasteiger charge is -2.36. The summed E-state index contributed by atoms with van der Waals surface area (Å²) in [6, 6.07) is 14.7. The molecule has 0 spiro atoms. The molecule has 0 radical (unpaired) electrons. The number of benzene rings is 2. The zero-order chi connectivity index (χ0) is 19.3. The maximum Gasteiger partial charge on any atom is 0.153 e. The summed E-state index contributed by atoms with van der Waals surface area (Å²) in [7, 11) is 1.63. The number of hydrogen-bond donors (Lipinski definition) is 1. The third-order valence-electron chi connectivity index (χ3n) is 5.57. The average molecular weight is 384 g/mol. The number of ether oxygens (including phenoxy) is 1. The molecule has 2 atom stereocenters. The Morgan fingerprint density at radius 2 is 2.04 bits per heavy atom. The van der Waals surface area contributed by atoms with Gasteiger partial charge in [0.15, 0.2) is 6.29 Å². The van der Waals surface area contributed by atoms with Gasteiger partial charge in [0, 0.05) is 16.2 Å². The molecule has 2 aromatic rings. The third-order valence-corrected chi connectivity index (χ3v) is 6.93. The largest absolute Gasteiger partial charge is 0.496 e. The molecule has 1 aliphatic rings. The minimum absolute atomic E-state index is 0.0782. The fraction of sp³-hybridized carbons (Fsp3) is 0.435. The molecular weight excluding hydrogens is 354 g/mol. The highest BCUT2D eigenvalue weighted by Gasteiger charge is 2.36. The molecule has 1 N–H and O–H groups in total. The molecule has 1 heterocycles. The van der Waals surface area contributed by atoms with Crippen molar-refractivity contribution in [3.8, 4) is 5.75 Å². The summed E-state index contributed by atoms with van der Waals surface area (Å²) < 4.78 is 5.50. The van der Waals surface area contributed by atoms with Crippen LogP contribution in [0.15, 0.2) is 47.4 Å². The normalized spacial score (nSPS) is 22.0. The van der Waals surface area contributed by atoms with Crippen LogP contribution in [0.2, 0.25) is 0 Å². The zero-order valence-electron chi connectivity index (χ0n) is 16.5. The number of unbranched alkanes of at least 4 members (excludes halogenated alkanes) is 1. The molecule has 0 aliphatic carbocycles. The van der Waals surface area contributed by atoms with E-state index in [2.05, 4.69) is 49.5 Å². The first-order chi connectivity index (χ1) is 13.2. The predicted octanol–water partition coefficient (Wildman–Crippen LogP) is 5.63. The second-order valence-corrected chi connectivity index (χ2v) is 8.28. The molecule has 2 aromatic carbocycles. The van der Waals surface area contributed by atoms with E-state index >= 15 is 0 Å².